The Balaban J connectivity index is 2.86. The summed E-state index contributed by atoms with van der Waals surface area (Å²) in [5, 5.41) is 9.27. The van der Waals surface area contributed by atoms with Crippen LogP contribution in [-0.2, 0) is 14.6 Å². The van der Waals surface area contributed by atoms with Crippen molar-refractivity contribution < 1.29 is 18.3 Å². The van der Waals surface area contributed by atoms with Crippen LogP contribution in [0.2, 0.25) is 0 Å². The minimum absolute atomic E-state index is 0.234. The predicted octanol–water partition coefficient (Wildman–Crippen LogP) is -0.597. The summed E-state index contributed by atoms with van der Waals surface area (Å²) in [5.74, 6) is -0.429. The normalized spacial score (nSPS) is 23.2. The van der Waals surface area contributed by atoms with E-state index < -0.39 is 26.6 Å². The zero-order chi connectivity index (χ0) is 11.9. The number of carbonyl (C=O) groups excluding carboxylic acids is 1. The van der Waals surface area contributed by atoms with E-state index in [0.29, 0.717) is 13.0 Å². The van der Waals surface area contributed by atoms with Gasteiger partial charge in [0.2, 0.25) is 5.91 Å². The van der Waals surface area contributed by atoms with Crippen molar-refractivity contribution in [1.82, 2.24) is 4.90 Å². The van der Waals surface area contributed by atoms with Crippen molar-refractivity contribution in [1.29, 1.82) is 0 Å². The second kappa shape index (κ2) is 3.75. The molecule has 0 aliphatic carbocycles. The highest BCUT2D eigenvalue weighted by atomic mass is 32.2. The molecule has 1 rings (SSSR count). The van der Waals surface area contributed by atoms with E-state index in [1.165, 1.54) is 18.7 Å². The molecular formula is C9H17NO4S. The Morgan fingerprint density at radius 2 is 2.00 bits per heavy atom. The van der Waals surface area contributed by atoms with Gasteiger partial charge < -0.3 is 10.0 Å². The topological polar surface area (TPSA) is 74.7 Å². The lowest BCUT2D eigenvalue weighted by molar-refractivity contribution is -0.132. The fourth-order valence-electron chi connectivity index (χ4n) is 1.47. The van der Waals surface area contributed by atoms with E-state index in [4.69, 9.17) is 0 Å². The molecule has 0 saturated carbocycles. The molecule has 1 heterocycles. The number of likely N-dealkylation sites (tertiary alicyclic amines) is 1. The molecule has 0 aromatic heterocycles. The van der Waals surface area contributed by atoms with E-state index in [9.17, 15) is 18.3 Å². The van der Waals surface area contributed by atoms with E-state index >= 15 is 0 Å². The summed E-state index contributed by atoms with van der Waals surface area (Å²) in [7, 11) is -3.43. The summed E-state index contributed by atoms with van der Waals surface area (Å²) >= 11 is 0. The van der Waals surface area contributed by atoms with E-state index in [1.54, 1.807) is 0 Å². The molecule has 1 aliphatic rings. The average Bonchev–Trinajstić information content (AvgIpc) is 2.48. The van der Waals surface area contributed by atoms with Gasteiger partial charge in [-0.05, 0) is 20.3 Å². The number of hydrogen-bond donors (Lipinski definition) is 1. The molecule has 0 aromatic rings. The molecule has 0 radical (unpaired) electrons. The molecule has 0 unspecified atom stereocenters. The third-order valence-corrected chi connectivity index (χ3v) is 4.92. The van der Waals surface area contributed by atoms with Crippen molar-refractivity contribution in [3.63, 3.8) is 0 Å². The third-order valence-electron chi connectivity index (χ3n) is 2.89. The van der Waals surface area contributed by atoms with Crippen LogP contribution >= 0.6 is 0 Å². The van der Waals surface area contributed by atoms with Crippen molar-refractivity contribution in [2.24, 2.45) is 0 Å². The third kappa shape index (κ3) is 2.31. The zero-order valence-electron chi connectivity index (χ0n) is 9.23. The summed E-state index contributed by atoms with van der Waals surface area (Å²) in [6, 6.07) is 0. The van der Waals surface area contributed by atoms with Crippen molar-refractivity contribution in [2.75, 3.05) is 19.3 Å². The Morgan fingerprint density at radius 3 is 2.33 bits per heavy atom. The Morgan fingerprint density at radius 1 is 1.47 bits per heavy atom. The standard InChI is InChI=1S/C9H17NO4S/c1-9(2,15(3,13)14)8(12)10-5-4-7(11)6-10/h7,11H,4-6H2,1-3H3/t7-/m1/s1. The number of rotatable bonds is 2. The first-order chi connectivity index (χ1) is 6.66. The van der Waals surface area contributed by atoms with E-state index in [0.717, 1.165) is 6.26 Å². The van der Waals surface area contributed by atoms with Gasteiger partial charge in [0.05, 0.1) is 6.10 Å². The number of aliphatic hydroxyl groups excluding tert-OH is 1. The van der Waals surface area contributed by atoms with Gasteiger partial charge in [-0.15, -0.1) is 0 Å². The van der Waals surface area contributed by atoms with Crippen LogP contribution < -0.4 is 0 Å². The summed E-state index contributed by atoms with van der Waals surface area (Å²) in [4.78, 5) is 13.3. The molecule has 1 atom stereocenters. The molecule has 1 N–H and O–H groups in total. The summed E-state index contributed by atoms with van der Waals surface area (Å²) in [6.45, 7) is 3.46. The van der Waals surface area contributed by atoms with Gasteiger partial charge in [0.15, 0.2) is 9.84 Å². The van der Waals surface area contributed by atoms with Gasteiger partial charge in [-0.3, -0.25) is 4.79 Å². The fraction of sp³-hybridized carbons (Fsp3) is 0.889. The van der Waals surface area contributed by atoms with Gasteiger partial charge in [-0.2, -0.15) is 0 Å². The Bertz CT molecular complexity index is 360. The van der Waals surface area contributed by atoms with Gasteiger partial charge in [0, 0.05) is 19.3 Å². The molecule has 88 valence electrons. The van der Waals surface area contributed by atoms with E-state index in [1.807, 2.05) is 0 Å². The first-order valence-corrected chi connectivity index (χ1v) is 6.72. The molecule has 6 heteroatoms. The molecule has 15 heavy (non-hydrogen) atoms. The Labute approximate surface area is 90.0 Å². The van der Waals surface area contributed by atoms with Gasteiger partial charge in [-0.25, -0.2) is 8.42 Å². The molecule has 1 fully saturated rings. The van der Waals surface area contributed by atoms with Crippen LogP contribution in [-0.4, -0.2) is 54.5 Å². The highest BCUT2D eigenvalue weighted by molar-refractivity contribution is 7.92. The van der Waals surface area contributed by atoms with Crippen LogP contribution in [0.3, 0.4) is 0 Å². The second-order valence-electron chi connectivity index (χ2n) is 4.48. The second-order valence-corrected chi connectivity index (χ2v) is 7.04. The first kappa shape index (κ1) is 12.4. The average molecular weight is 235 g/mol. The monoisotopic (exact) mass is 235 g/mol. The van der Waals surface area contributed by atoms with Gasteiger partial charge >= 0.3 is 0 Å². The smallest absolute Gasteiger partial charge is 0.243 e. The van der Waals surface area contributed by atoms with Crippen LogP contribution in [0.25, 0.3) is 0 Å². The quantitative estimate of drug-likeness (QED) is 0.693. The molecular weight excluding hydrogens is 218 g/mol. The highest BCUT2D eigenvalue weighted by Gasteiger charge is 2.42. The minimum Gasteiger partial charge on any atom is -0.391 e. The van der Waals surface area contributed by atoms with Crippen LogP contribution in [0.5, 0.6) is 0 Å². The van der Waals surface area contributed by atoms with E-state index in [2.05, 4.69) is 0 Å². The molecule has 1 amide bonds. The molecule has 0 bridgehead atoms. The van der Waals surface area contributed by atoms with E-state index in [-0.39, 0.29) is 6.54 Å². The summed E-state index contributed by atoms with van der Waals surface area (Å²) < 4.78 is 21.4. The SMILES string of the molecule is CC(C)(C(=O)N1CC[C@@H](O)C1)S(C)(=O)=O. The number of β-amino-alcohol motifs (C(OH)–C–C–N with tert-alkyl or cyclic N) is 1. The lowest BCUT2D eigenvalue weighted by Crippen LogP contribution is -2.49. The van der Waals surface area contributed by atoms with Crippen molar-refractivity contribution in [3.05, 3.63) is 0 Å². The maximum Gasteiger partial charge on any atom is 0.243 e. The minimum atomic E-state index is -3.43. The molecule has 1 aliphatic heterocycles. The fourth-order valence-corrected chi connectivity index (χ4v) is 1.91. The number of nitrogens with zero attached hydrogens (tertiary/aromatic N) is 1. The number of carbonyl (C=O) groups is 1. The predicted molar refractivity (Wildman–Crippen MR) is 56.1 cm³/mol. The number of hydrogen-bond acceptors (Lipinski definition) is 4. The highest BCUT2D eigenvalue weighted by Crippen LogP contribution is 2.21. The molecule has 1 saturated heterocycles. The maximum absolute atomic E-state index is 11.9. The molecule has 0 spiro atoms. The Kier molecular flexibility index (Phi) is 3.11. The molecule has 5 nitrogen and oxygen atoms in total. The van der Waals surface area contributed by atoms with Crippen LogP contribution in [0.15, 0.2) is 0 Å². The largest absolute Gasteiger partial charge is 0.391 e. The first-order valence-electron chi connectivity index (χ1n) is 4.83. The Hall–Kier alpha value is -0.620. The van der Waals surface area contributed by atoms with Crippen LogP contribution in [0, 0.1) is 0 Å². The maximum atomic E-state index is 11.9. The zero-order valence-corrected chi connectivity index (χ0v) is 10.0. The lowest BCUT2D eigenvalue weighted by atomic mass is 10.2. The number of sulfone groups is 1. The summed E-state index contributed by atoms with van der Waals surface area (Å²) in [5.41, 5.74) is 0. The summed E-state index contributed by atoms with van der Waals surface area (Å²) in [6.07, 6.45) is 1.05. The van der Waals surface area contributed by atoms with Crippen LogP contribution in [0.1, 0.15) is 20.3 Å². The van der Waals surface area contributed by atoms with Gasteiger partial charge in [0.1, 0.15) is 4.75 Å². The molecule has 0 aromatic carbocycles. The van der Waals surface area contributed by atoms with Crippen molar-refractivity contribution in [3.8, 4) is 0 Å². The van der Waals surface area contributed by atoms with Crippen molar-refractivity contribution >= 4 is 15.7 Å². The lowest BCUT2D eigenvalue weighted by Gasteiger charge is -2.27. The van der Waals surface area contributed by atoms with Crippen LogP contribution in [0.4, 0.5) is 0 Å². The van der Waals surface area contributed by atoms with Gasteiger partial charge in [0.25, 0.3) is 0 Å². The number of amides is 1. The van der Waals surface area contributed by atoms with Gasteiger partial charge in [-0.1, -0.05) is 0 Å². The number of aliphatic hydroxyl groups is 1. The van der Waals surface area contributed by atoms with Crippen molar-refractivity contribution in [2.45, 2.75) is 31.1 Å².